The van der Waals surface area contributed by atoms with Crippen LogP contribution in [0.4, 0.5) is 14.5 Å². The van der Waals surface area contributed by atoms with Gasteiger partial charge in [0.15, 0.2) is 0 Å². The Kier molecular flexibility index (Phi) is 7.17. The SMILES string of the molecule is Cl.O=c1[nH]c(CS[C@@H]2CCNC[C@H]2F)nc2cc(NC3CCCC3)cc(F)c12. The fourth-order valence-corrected chi connectivity index (χ4v) is 5.00. The van der Waals surface area contributed by atoms with E-state index in [0.717, 1.165) is 25.8 Å². The Morgan fingerprint density at radius 1 is 1.25 bits per heavy atom. The third-order valence-corrected chi connectivity index (χ3v) is 6.72. The van der Waals surface area contributed by atoms with Crippen LogP contribution in [0.2, 0.25) is 0 Å². The molecule has 1 aliphatic carbocycles. The molecule has 4 rings (SSSR count). The van der Waals surface area contributed by atoms with Crippen LogP contribution in [0.1, 0.15) is 37.9 Å². The molecule has 2 atom stereocenters. The van der Waals surface area contributed by atoms with Gasteiger partial charge in [-0.05, 0) is 37.9 Å². The number of thioether (sulfide) groups is 1. The zero-order chi connectivity index (χ0) is 18.8. The molecule has 1 saturated carbocycles. The molecule has 1 aromatic heterocycles. The predicted molar refractivity (Wildman–Crippen MR) is 113 cm³/mol. The van der Waals surface area contributed by atoms with Crippen molar-refractivity contribution in [1.29, 1.82) is 0 Å². The summed E-state index contributed by atoms with van der Waals surface area (Å²) in [6.07, 6.45) is 4.35. The molecule has 3 N–H and O–H groups in total. The van der Waals surface area contributed by atoms with Gasteiger partial charge in [0.05, 0.1) is 11.3 Å². The molecule has 2 fully saturated rings. The number of hydrogen-bond acceptors (Lipinski definition) is 5. The lowest BCUT2D eigenvalue weighted by molar-refractivity contribution is 0.275. The van der Waals surface area contributed by atoms with Gasteiger partial charge in [0.25, 0.3) is 5.56 Å². The van der Waals surface area contributed by atoms with Gasteiger partial charge in [0.2, 0.25) is 0 Å². The average Bonchev–Trinajstić information content (AvgIpc) is 3.13. The number of nitrogens with zero attached hydrogens (tertiary/aromatic N) is 1. The molecule has 2 heterocycles. The van der Waals surface area contributed by atoms with E-state index >= 15 is 0 Å². The summed E-state index contributed by atoms with van der Waals surface area (Å²) < 4.78 is 28.4. The van der Waals surface area contributed by atoms with Crippen molar-refractivity contribution < 1.29 is 8.78 Å². The monoisotopic (exact) mass is 430 g/mol. The molecule has 154 valence electrons. The van der Waals surface area contributed by atoms with Crippen molar-refractivity contribution in [1.82, 2.24) is 15.3 Å². The van der Waals surface area contributed by atoms with Crippen LogP contribution in [-0.2, 0) is 5.75 Å². The van der Waals surface area contributed by atoms with Crippen molar-refractivity contribution in [2.75, 3.05) is 18.4 Å². The maximum Gasteiger partial charge on any atom is 0.261 e. The van der Waals surface area contributed by atoms with E-state index < -0.39 is 17.5 Å². The summed E-state index contributed by atoms with van der Waals surface area (Å²) in [5.74, 6) is 0.293. The first kappa shape index (κ1) is 21.3. The molecular weight excluding hydrogens is 406 g/mol. The Hall–Kier alpha value is -1.38. The molecule has 2 aliphatic rings. The van der Waals surface area contributed by atoms with Gasteiger partial charge in [-0.15, -0.1) is 24.2 Å². The number of anilines is 1. The zero-order valence-corrected chi connectivity index (χ0v) is 17.1. The fraction of sp³-hybridized carbons (Fsp3) is 0.579. The first-order valence-electron chi connectivity index (χ1n) is 9.55. The smallest absolute Gasteiger partial charge is 0.261 e. The Morgan fingerprint density at radius 2 is 2.04 bits per heavy atom. The number of nitrogens with one attached hydrogen (secondary N) is 3. The standard InChI is InChI=1S/C19H24F2N4OS.ClH/c20-13-7-12(23-11-3-1-2-4-11)8-15-18(13)19(26)25-17(24-15)10-27-16-5-6-22-9-14(16)21;/h7-8,11,14,16,22-23H,1-6,9-10H2,(H,24,25,26);1H/t14-,16-;/m1./s1. The molecule has 0 unspecified atom stereocenters. The van der Waals surface area contributed by atoms with Crippen LogP contribution in [0, 0.1) is 5.82 Å². The van der Waals surface area contributed by atoms with Crippen LogP contribution < -0.4 is 16.2 Å². The fourth-order valence-electron chi connectivity index (χ4n) is 3.90. The predicted octanol–water partition coefficient (Wildman–Crippen LogP) is 3.77. The van der Waals surface area contributed by atoms with E-state index in [1.807, 2.05) is 0 Å². The van der Waals surface area contributed by atoms with Gasteiger partial charge >= 0.3 is 0 Å². The maximum absolute atomic E-state index is 14.5. The van der Waals surface area contributed by atoms with Crippen LogP contribution in [0.5, 0.6) is 0 Å². The van der Waals surface area contributed by atoms with E-state index in [9.17, 15) is 13.6 Å². The van der Waals surface area contributed by atoms with Gasteiger partial charge in [-0.3, -0.25) is 4.79 Å². The second kappa shape index (κ2) is 9.41. The molecule has 0 amide bonds. The normalized spacial score (nSPS) is 22.9. The lowest BCUT2D eigenvalue weighted by Crippen LogP contribution is -2.39. The van der Waals surface area contributed by atoms with Crippen molar-refractivity contribution in [2.24, 2.45) is 0 Å². The number of aromatic amines is 1. The van der Waals surface area contributed by atoms with Crippen LogP contribution in [0.15, 0.2) is 16.9 Å². The summed E-state index contributed by atoms with van der Waals surface area (Å²) in [5, 5.41) is 6.24. The van der Waals surface area contributed by atoms with Crippen molar-refractivity contribution in [3.05, 3.63) is 34.1 Å². The number of H-pyrrole nitrogens is 1. The molecule has 1 saturated heterocycles. The first-order valence-corrected chi connectivity index (χ1v) is 10.6. The molecule has 9 heteroatoms. The van der Waals surface area contributed by atoms with Crippen LogP contribution >= 0.6 is 24.2 Å². The maximum atomic E-state index is 14.5. The summed E-state index contributed by atoms with van der Waals surface area (Å²) in [7, 11) is 0. The minimum atomic E-state index is -0.907. The van der Waals surface area contributed by atoms with E-state index in [0.29, 0.717) is 35.4 Å². The van der Waals surface area contributed by atoms with Crippen molar-refractivity contribution in [2.45, 2.75) is 55.3 Å². The van der Waals surface area contributed by atoms with Gasteiger partial charge in [-0.1, -0.05) is 12.8 Å². The van der Waals surface area contributed by atoms with E-state index in [1.54, 1.807) is 6.07 Å². The minimum Gasteiger partial charge on any atom is -0.382 e. The largest absolute Gasteiger partial charge is 0.382 e. The lowest BCUT2D eigenvalue weighted by atomic mass is 10.1. The van der Waals surface area contributed by atoms with Gasteiger partial charge in [0.1, 0.15) is 23.2 Å². The van der Waals surface area contributed by atoms with E-state index in [2.05, 4.69) is 20.6 Å². The summed E-state index contributed by atoms with van der Waals surface area (Å²) in [5.41, 5.74) is 0.519. The highest BCUT2D eigenvalue weighted by Crippen LogP contribution is 2.27. The van der Waals surface area contributed by atoms with E-state index in [1.165, 1.54) is 30.7 Å². The molecule has 0 bridgehead atoms. The van der Waals surface area contributed by atoms with E-state index in [4.69, 9.17) is 0 Å². The van der Waals surface area contributed by atoms with Gasteiger partial charge in [-0.2, -0.15) is 0 Å². The number of aromatic nitrogens is 2. The molecule has 5 nitrogen and oxygen atoms in total. The Labute approximate surface area is 172 Å². The number of rotatable bonds is 5. The molecule has 1 aliphatic heterocycles. The Bertz CT molecular complexity index is 875. The topological polar surface area (TPSA) is 69.8 Å². The van der Waals surface area contributed by atoms with Gasteiger partial charge < -0.3 is 15.6 Å². The summed E-state index contributed by atoms with van der Waals surface area (Å²) in [4.78, 5) is 19.4. The zero-order valence-electron chi connectivity index (χ0n) is 15.5. The van der Waals surface area contributed by atoms with Crippen molar-refractivity contribution in [3.8, 4) is 0 Å². The molecule has 0 radical (unpaired) electrons. The number of fused-ring (bicyclic) bond motifs is 1. The number of benzene rings is 1. The third kappa shape index (κ3) is 4.78. The third-order valence-electron chi connectivity index (χ3n) is 5.32. The number of halogens is 3. The summed E-state index contributed by atoms with van der Waals surface area (Å²) in [6, 6.07) is 3.46. The Balaban J connectivity index is 0.00000225. The van der Waals surface area contributed by atoms with E-state index in [-0.39, 0.29) is 23.0 Å². The Morgan fingerprint density at radius 3 is 2.79 bits per heavy atom. The minimum absolute atomic E-state index is 0. The number of hydrogen-bond donors (Lipinski definition) is 3. The van der Waals surface area contributed by atoms with Gasteiger partial charge in [-0.25, -0.2) is 13.8 Å². The average molecular weight is 431 g/mol. The van der Waals surface area contributed by atoms with Crippen molar-refractivity contribution >= 4 is 40.8 Å². The highest BCUT2D eigenvalue weighted by molar-refractivity contribution is 7.99. The van der Waals surface area contributed by atoms with Gasteiger partial charge in [0, 0.05) is 23.5 Å². The quantitative estimate of drug-likeness (QED) is 0.673. The second-order valence-corrected chi connectivity index (χ2v) is 8.58. The molecule has 2 aromatic rings. The highest BCUT2D eigenvalue weighted by Gasteiger charge is 2.25. The summed E-state index contributed by atoms with van der Waals surface area (Å²) in [6.45, 7) is 1.15. The highest BCUT2D eigenvalue weighted by atomic mass is 35.5. The number of alkyl halides is 1. The molecule has 1 aromatic carbocycles. The van der Waals surface area contributed by atoms with Crippen LogP contribution in [-0.4, -0.2) is 40.5 Å². The molecular formula is C19H25ClF2N4OS. The lowest BCUT2D eigenvalue weighted by Gasteiger charge is -2.25. The van der Waals surface area contributed by atoms with Crippen LogP contribution in [0.25, 0.3) is 10.9 Å². The molecule has 28 heavy (non-hydrogen) atoms. The first-order chi connectivity index (χ1) is 13.1. The molecule has 0 spiro atoms. The van der Waals surface area contributed by atoms with Crippen molar-refractivity contribution in [3.63, 3.8) is 0 Å². The second-order valence-electron chi connectivity index (χ2n) is 7.35. The van der Waals surface area contributed by atoms with Crippen LogP contribution in [0.3, 0.4) is 0 Å². The number of piperidine rings is 1. The summed E-state index contributed by atoms with van der Waals surface area (Å²) >= 11 is 1.45.